The van der Waals surface area contributed by atoms with Crippen LogP contribution in [0.25, 0.3) is 0 Å². The highest BCUT2D eigenvalue weighted by molar-refractivity contribution is 5.36. The smallest absolute Gasteiger partial charge is 0.119 e. The van der Waals surface area contributed by atoms with E-state index in [9.17, 15) is 10.2 Å². The van der Waals surface area contributed by atoms with Gasteiger partial charge in [-0.3, -0.25) is 0 Å². The minimum Gasteiger partial charge on any atom is -0.508 e. The van der Waals surface area contributed by atoms with Gasteiger partial charge in [-0.2, -0.15) is 0 Å². The summed E-state index contributed by atoms with van der Waals surface area (Å²) in [6.07, 6.45) is 5.94. The quantitative estimate of drug-likeness (QED) is 0.717. The van der Waals surface area contributed by atoms with E-state index in [0.717, 1.165) is 12.0 Å². The third-order valence-corrected chi connectivity index (χ3v) is 2.85. The third-order valence-electron chi connectivity index (χ3n) is 2.85. The number of hydrogen-bond donors (Lipinski definition) is 2. The normalized spacial score (nSPS) is 12.6. The van der Waals surface area contributed by atoms with Crippen molar-refractivity contribution in [2.24, 2.45) is 5.92 Å². The highest BCUT2D eigenvalue weighted by Gasteiger charge is 2.05. The first kappa shape index (κ1) is 12.9. The average molecular weight is 222 g/mol. The fraction of sp³-hybridized carbons (Fsp3) is 0.571. The van der Waals surface area contributed by atoms with Crippen molar-refractivity contribution in [3.05, 3.63) is 23.8 Å². The van der Waals surface area contributed by atoms with Gasteiger partial charge in [-0.05, 0) is 30.0 Å². The van der Waals surface area contributed by atoms with E-state index in [4.69, 9.17) is 0 Å². The maximum Gasteiger partial charge on any atom is 0.119 e. The molecule has 1 aromatic rings. The molecule has 0 radical (unpaired) electrons. The summed E-state index contributed by atoms with van der Waals surface area (Å²) >= 11 is 0. The summed E-state index contributed by atoms with van der Waals surface area (Å²) in [7, 11) is 0. The van der Waals surface area contributed by atoms with Crippen molar-refractivity contribution in [2.75, 3.05) is 0 Å². The second-order valence-corrected chi connectivity index (χ2v) is 4.66. The molecule has 0 amide bonds. The lowest BCUT2D eigenvalue weighted by Gasteiger charge is -2.11. The number of benzene rings is 1. The second-order valence-electron chi connectivity index (χ2n) is 4.66. The van der Waals surface area contributed by atoms with Crippen LogP contribution in [0.3, 0.4) is 0 Å². The molecule has 0 aliphatic heterocycles. The molecule has 0 spiro atoms. The zero-order valence-electron chi connectivity index (χ0n) is 10.2. The predicted molar refractivity (Wildman–Crippen MR) is 66.8 cm³/mol. The molecule has 0 heterocycles. The lowest BCUT2D eigenvalue weighted by molar-refractivity contribution is 0.445. The standard InChI is InChI=1S/C14H22O2/c1-3-4-5-6-11(2)7-12-8-13(15)10-14(16)9-12/h8-11,15-16H,3-7H2,1-2H3/t11-/m0/s1. The molecule has 2 nitrogen and oxygen atoms in total. The molecule has 2 heteroatoms. The Bertz CT molecular complexity index is 300. The molecule has 1 aromatic carbocycles. The van der Waals surface area contributed by atoms with E-state index >= 15 is 0 Å². The maximum atomic E-state index is 9.36. The molecular formula is C14H22O2. The first-order valence-electron chi connectivity index (χ1n) is 6.13. The molecule has 1 atom stereocenters. The summed E-state index contributed by atoms with van der Waals surface area (Å²) in [5, 5.41) is 18.7. The van der Waals surface area contributed by atoms with E-state index in [1.807, 2.05) is 0 Å². The van der Waals surface area contributed by atoms with E-state index in [1.54, 1.807) is 12.1 Å². The Labute approximate surface area is 97.9 Å². The van der Waals surface area contributed by atoms with Gasteiger partial charge in [0.25, 0.3) is 0 Å². The SMILES string of the molecule is CCCCC[C@H](C)Cc1cc(O)cc(O)c1. The van der Waals surface area contributed by atoms with Gasteiger partial charge in [-0.25, -0.2) is 0 Å². The van der Waals surface area contributed by atoms with Crippen LogP contribution in [-0.2, 0) is 6.42 Å². The summed E-state index contributed by atoms with van der Waals surface area (Å²) < 4.78 is 0. The Hall–Kier alpha value is -1.18. The number of aromatic hydroxyl groups is 2. The number of unbranched alkanes of at least 4 members (excludes halogenated alkanes) is 2. The molecule has 90 valence electrons. The average Bonchev–Trinajstić information content (AvgIpc) is 2.16. The lowest BCUT2D eigenvalue weighted by Crippen LogP contribution is -1.99. The van der Waals surface area contributed by atoms with Gasteiger partial charge in [0.05, 0.1) is 0 Å². The van der Waals surface area contributed by atoms with Crippen molar-refractivity contribution in [1.82, 2.24) is 0 Å². The maximum absolute atomic E-state index is 9.36. The van der Waals surface area contributed by atoms with Crippen LogP contribution in [0.5, 0.6) is 11.5 Å². The largest absolute Gasteiger partial charge is 0.508 e. The van der Waals surface area contributed by atoms with E-state index in [2.05, 4.69) is 13.8 Å². The van der Waals surface area contributed by atoms with Crippen LogP contribution in [0.4, 0.5) is 0 Å². The topological polar surface area (TPSA) is 40.5 Å². The van der Waals surface area contributed by atoms with Crippen LogP contribution < -0.4 is 0 Å². The molecule has 0 saturated carbocycles. The van der Waals surface area contributed by atoms with Crippen molar-refractivity contribution in [1.29, 1.82) is 0 Å². The highest BCUT2D eigenvalue weighted by atomic mass is 16.3. The van der Waals surface area contributed by atoms with Crippen molar-refractivity contribution >= 4 is 0 Å². The number of phenolic OH excluding ortho intramolecular Hbond substituents is 2. The minimum atomic E-state index is 0.149. The van der Waals surface area contributed by atoms with E-state index in [0.29, 0.717) is 5.92 Å². The Kier molecular flexibility index (Phi) is 5.17. The second kappa shape index (κ2) is 6.41. The predicted octanol–water partition coefficient (Wildman–Crippen LogP) is 3.86. The zero-order chi connectivity index (χ0) is 12.0. The monoisotopic (exact) mass is 222 g/mol. The Morgan fingerprint density at radius 3 is 2.25 bits per heavy atom. The summed E-state index contributed by atoms with van der Waals surface area (Å²) in [5.41, 5.74) is 1.02. The first-order valence-corrected chi connectivity index (χ1v) is 6.13. The van der Waals surface area contributed by atoms with Crippen molar-refractivity contribution in [2.45, 2.75) is 46.0 Å². The molecule has 16 heavy (non-hydrogen) atoms. The molecule has 1 rings (SSSR count). The van der Waals surface area contributed by atoms with Crippen LogP contribution in [0.2, 0.25) is 0 Å². The minimum absolute atomic E-state index is 0.149. The van der Waals surface area contributed by atoms with Gasteiger partial charge in [-0.1, -0.05) is 39.5 Å². The first-order chi connectivity index (χ1) is 7.61. The van der Waals surface area contributed by atoms with Gasteiger partial charge >= 0.3 is 0 Å². The highest BCUT2D eigenvalue weighted by Crippen LogP contribution is 2.23. The van der Waals surface area contributed by atoms with Gasteiger partial charge in [0.1, 0.15) is 11.5 Å². The zero-order valence-corrected chi connectivity index (χ0v) is 10.2. The summed E-state index contributed by atoms with van der Waals surface area (Å²) in [6, 6.07) is 4.83. The Balaban J connectivity index is 2.45. The van der Waals surface area contributed by atoms with Crippen LogP contribution in [0, 0.1) is 5.92 Å². The molecule has 0 bridgehead atoms. The van der Waals surface area contributed by atoms with E-state index < -0.39 is 0 Å². The van der Waals surface area contributed by atoms with Gasteiger partial charge < -0.3 is 10.2 Å². The van der Waals surface area contributed by atoms with E-state index in [1.165, 1.54) is 31.7 Å². The van der Waals surface area contributed by atoms with Gasteiger partial charge in [0.2, 0.25) is 0 Å². The third kappa shape index (κ3) is 4.56. The summed E-state index contributed by atoms with van der Waals surface area (Å²) in [5.74, 6) is 0.902. The van der Waals surface area contributed by atoms with Crippen LogP contribution in [-0.4, -0.2) is 10.2 Å². The van der Waals surface area contributed by atoms with Gasteiger partial charge in [0.15, 0.2) is 0 Å². The summed E-state index contributed by atoms with van der Waals surface area (Å²) in [4.78, 5) is 0. The molecular weight excluding hydrogens is 200 g/mol. The van der Waals surface area contributed by atoms with Crippen molar-refractivity contribution in [3.63, 3.8) is 0 Å². The Morgan fingerprint density at radius 1 is 1.06 bits per heavy atom. The van der Waals surface area contributed by atoms with Crippen molar-refractivity contribution < 1.29 is 10.2 Å². The van der Waals surface area contributed by atoms with E-state index in [-0.39, 0.29) is 11.5 Å². The molecule has 2 N–H and O–H groups in total. The number of rotatable bonds is 6. The Morgan fingerprint density at radius 2 is 1.69 bits per heavy atom. The fourth-order valence-electron chi connectivity index (χ4n) is 2.02. The van der Waals surface area contributed by atoms with Crippen LogP contribution >= 0.6 is 0 Å². The molecule has 0 aliphatic rings. The molecule has 0 unspecified atom stereocenters. The number of phenols is 2. The van der Waals surface area contributed by atoms with Gasteiger partial charge in [0, 0.05) is 6.07 Å². The molecule has 0 saturated heterocycles. The number of hydrogen-bond acceptors (Lipinski definition) is 2. The summed E-state index contributed by atoms with van der Waals surface area (Å²) in [6.45, 7) is 4.43. The van der Waals surface area contributed by atoms with Crippen LogP contribution in [0.15, 0.2) is 18.2 Å². The molecule has 0 fully saturated rings. The van der Waals surface area contributed by atoms with Crippen molar-refractivity contribution in [3.8, 4) is 11.5 Å². The molecule has 0 aliphatic carbocycles. The molecule has 0 aromatic heterocycles. The fourth-order valence-corrected chi connectivity index (χ4v) is 2.02. The van der Waals surface area contributed by atoms with Gasteiger partial charge in [-0.15, -0.1) is 0 Å². The van der Waals surface area contributed by atoms with Crippen LogP contribution in [0.1, 0.15) is 45.1 Å². The lowest BCUT2D eigenvalue weighted by atomic mass is 9.95.